The molecule has 1 saturated heterocycles. The summed E-state index contributed by atoms with van der Waals surface area (Å²) in [5.74, 6) is 0.712. The van der Waals surface area contributed by atoms with Crippen molar-refractivity contribution in [1.82, 2.24) is 4.90 Å². The van der Waals surface area contributed by atoms with Crippen molar-refractivity contribution in [3.63, 3.8) is 0 Å². The van der Waals surface area contributed by atoms with Crippen molar-refractivity contribution in [2.75, 3.05) is 26.8 Å². The molecule has 94 valence electrons. The van der Waals surface area contributed by atoms with E-state index < -0.39 is 0 Å². The molecule has 0 N–H and O–H groups in total. The monoisotopic (exact) mass is 297 g/mol. The van der Waals surface area contributed by atoms with Crippen LogP contribution < -0.4 is 0 Å². The van der Waals surface area contributed by atoms with Crippen LogP contribution in [0.4, 0.5) is 0 Å². The molecule has 1 aromatic rings. The standard InChI is InChI=1S/C14H20BrNO/c1-17-11-13-3-2-8-16(10-13)9-12-4-6-14(15)7-5-12/h4-7,13H,2-3,8-11H2,1H3. The first-order valence-electron chi connectivity index (χ1n) is 6.23. The first-order valence-corrected chi connectivity index (χ1v) is 7.03. The van der Waals surface area contributed by atoms with Gasteiger partial charge in [-0.3, -0.25) is 4.90 Å². The van der Waals surface area contributed by atoms with Gasteiger partial charge in [0.1, 0.15) is 0 Å². The highest BCUT2D eigenvalue weighted by Crippen LogP contribution is 2.19. The number of ether oxygens (including phenoxy) is 1. The summed E-state index contributed by atoms with van der Waals surface area (Å²) in [6.07, 6.45) is 2.61. The van der Waals surface area contributed by atoms with Crippen LogP contribution in [0.15, 0.2) is 28.7 Å². The summed E-state index contributed by atoms with van der Waals surface area (Å²) in [5, 5.41) is 0. The van der Waals surface area contributed by atoms with E-state index in [1.807, 2.05) is 0 Å². The van der Waals surface area contributed by atoms with E-state index in [1.165, 1.54) is 31.5 Å². The predicted molar refractivity (Wildman–Crippen MR) is 74.0 cm³/mol. The van der Waals surface area contributed by atoms with Gasteiger partial charge >= 0.3 is 0 Å². The van der Waals surface area contributed by atoms with E-state index in [1.54, 1.807) is 7.11 Å². The smallest absolute Gasteiger partial charge is 0.0502 e. The van der Waals surface area contributed by atoms with Crippen LogP contribution in [0.2, 0.25) is 0 Å². The maximum Gasteiger partial charge on any atom is 0.0502 e. The molecule has 0 bridgehead atoms. The summed E-state index contributed by atoms with van der Waals surface area (Å²) < 4.78 is 6.41. The van der Waals surface area contributed by atoms with Gasteiger partial charge in [0.2, 0.25) is 0 Å². The number of piperidine rings is 1. The van der Waals surface area contributed by atoms with Gasteiger partial charge in [0, 0.05) is 24.7 Å². The maximum atomic E-state index is 5.26. The summed E-state index contributed by atoms with van der Waals surface area (Å²) in [7, 11) is 1.80. The highest BCUT2D eigenvalue weighted by Gasteiger charge is 2.19. The molecule has 0 spiro atoms. The fourth-order valence-electron chi connectivity index (χ4n) is 2.51. The van der Waals surface area contributed by atoms with E-state index in [2.05, 4.69) is 45.1 Å². The molecular formula is C14H20BrNO. The molecule has 1 heterocycles. The Morgan fingerprint density at radius 1 is 1.35 bits per heavy atom. The second kappa shape index (κ2) is 6.53. The fraction of sp³-hybridized carbons (Fsp3) is 0.571. The molecule has 0 aromatic heterocycles. The van der Waals surface area contributed by atoms with Crippen LogP contribution in [0, 0.1) is 5.92 Å². The third-order valence-electron chi connectivity index (χ3n) is 3.32. The lowest BCUT2D eigenvalue weighted by molar-refractivity contribution is 0.0874. The minimum Gasteiger partial charge on any atom is -0.384 e. The molecule has 1 fully saturated rings. The number of halogens is 1. The fourth-order valence-corrected chi connectivity index (χ4v) is 2.78. The molecule has 1 aliphatic rings. The van der Waals surface area contributed by atoms with Gasteiger partial charge in [0.05, 0.1) is 6.61 Å². The third-order valence-corrected chi connectivity index (χ3v) is 3.85. The minimum absolute atomic E-state index is 0.712. The van der Waals surface area contributed by atoms with Gasteiger partial charge in [-0.05, 0) is 43.0 Å². The maximum absolute atomic E-state index is 5.26. The molecule has 1 atom stereocenters. The Hall–Kier alpha value is -0.380. The van der Waals surface area contributed by atoms with E-state index in [0.29, 0.717) is 5.92 Å². The Bertz CT molecular complexity index is 337. The zero-order valence-electron chi connectivity index (χ0n) is 10.4. The molecule has 0 amide bonds. The van der Waals surface area contributed by atoms with Crippen LogP contribution in [-0.4, -0.2) is 31.7 Å². The van der Waals surface area contributed by atoms with Gasteiger partial charge in [-0.25, -0.2) is 0 Å². The van der Waals surface area contributed by atoms with E-state index >= 15 is 0 Å². The first kappa shape index (κ1) is 13.1. The van der Waals surface area contributed by atoms with E-state index in [-0.39, 0.29) is 0 Å². The second-order valence-electron chi connectivity index (χ2n) is 4.83. The predicted octanol–water partition coefficient (Wildman–Crippen LogP) is 3.31. The topological polar surface area (TPSA) is 12.5 Å². The largest absolute Gasteiger partial charge is 0.384 e. The second-order valence-corrected chi connectivity index (χ2v) is 5.74. The number of hydrogen-bond donors (Lipinski definition) is 0. The van der Waals surface area contributed by atoms with Crippen molar-refractivity contribution in [1.29, 1.82) is 0 Å². The van der Waals surface area contributed by atoms with Crippen LogP contribution in [0.1, 0.15) is 18.4 Å². The zero-order chi connectivity index (χ0) is 12.1. The Morgan fingerprint density at radius 3 is 2.82 bits per heavy atom. The van der Waals surface area contributed by atoms with Crippen molar-refractivity contribution in [2.45, 2.75) is 19.4 Å². The molecule has 2 rings (SSSR count). The van der Waals surface area contributed by atoms with Gasteiger partial charge in [-0.1, -0.05) is 28.1 Å². The van der Waals surface area contributed by atoms with E-state index in [9.17, 15) is 0 Å². The van der Waals surface area contributed by atoms with E-state index in [4.69, 9.17) is 4.74 Å². The molecule has 3 heteroatoms. The Morgan fingerprint density at radius 2 is 2.12 bits per heavy atom. The SMILES string of the molecule is COCC1CCCN(Cc2ccc(Br)cc2)C1. The van der Waals surface area contributed by atoms with Gasteiger partial charge in [0.25, 0.3) is 0 Å². The van der Waals surface area contributed by atoms with Crippen LogP contribution in [0.25, 0.3) is 0 Å². The number of benzene rings is 1. The molecule has 0 radical (unpaired) electrons. The molecule has 0 aliphatic carbocycles. The lowest BCUT2D eigenvalue weighted by Crippen LogP contribution is -2.36. The van der Waals surface area contributed by atoms with Gasteiger partial charge in [0.15, 0.2) is 0 Å². The lowest BCUT2D eigenvalue weighted by atomic mass is 9.98. The molecular weight excluding hydrogens is 278 g/mol. The summed E-state index contributed by atoms with van der Waals surface area (Å²) in [4.78, 5) is 2.54. The summed E-state index contributed by atoms with van der Waals surface area (Å²) >= 11 is 3.47. The Labute approximate surface area is 112 Å². The number of nitrogens with zero attached hydrogens (tertiary/aromatic N) is 1. The summed E-state index contributed by atoms with van der Waals surface area (Å²) in [6, 6.07) is 8.63. The highest BCUT2D eigenvalue weighted by molar-refractivity contribution is 9.10. The molecule has 1 aliphatic heterocycles. The Balaban J connectivity index is 1.87. The molecule has 17 heavy (non-hydrogen) atoms. The molecule has 2 nitrogen and oxygen atoms in total. The van der Waals surface area contributed by atoms with Crippen molar-refractivity contribution in [2.24, 2.45) is 5.92 Å². The lowest BCUT2D eigenvalue weighted by Gasteiger charge is -2.32. The van der Waals surface area contributed by atoms with Gasteiger partial charge in [-0.15, -0.1) is 0 Å². The number of rotatable bonds is 4. The highest BCUT2D eigenvalue weighted by atomic mass is 79.9. The van der Waals surface area contributed by atoms with Crippen molar-refractivity contribution in [3.8, 4) is 0 Å². The summed E-state index contributed by atoms with van der Waals surface area (Å²) in [5.41, 5.74) is 1.39. The van der Waals surface area contributed by atoms with Gasteiger partial charge < -0.3 is 4.74 Å². The average Bonchev–Trinajstić information content (AvgIpc) is 2.33. The van der Waals surface area contributed by atoms with Crippen LogP contribution in [-0.2, 0) is 11.3 Å². The van der Waals surface area contributed by atoms with Crippen LogP contribution >= 0.6 is 15.9 Å². The van der Waals surface area contributed by atoms with Crippen molar-refractivity contribution >= 4 is 15.9 Å². The quantitative estimate of drug-likeness (QED) is 0.845. The first-order chi connectivity index (χ1) is 8.28. The van der Waals surface area contributed by atoms with Crippen molar-refractivity contribution in [3.05, 3.63) is 34.3 Å². The summed E-state index contributed by atoms with van der Waals surface area (Å²) in [6.45, 7) is 4.35. The third kappa shape index (κ3) is 4.09. The van der Waals surface area contributed by atoms with Crippen molar-refractivity contribution < 1.29 is 4.74 Å². The van der Waals surface area contributed by atoms with Crippen LogP contribution in [0.3, 0.4) is 0 Å². The van der Waals surface area contributed by atoms with E-state index in [0.717, 1.165) is 17.6 Å². The zero-order valence-corrected chi connectivity index (χ0v) is 11.9. The average molecular weight is 298 g/mol. The number of hydrogen-bond acceptors (Lipinski definition) is 2. The normalized spacial score (nSPS) is 21.6. The van der Waals surface area contributed by atoms with Gasteiger partial charge in [-0.2, -0.15) is 0 Å². The molecule has 0 saturated carbocycles. The molecule has 1 aromatic carbocycles. The number of likely N-dealkylation sites (tertiary alicyclic amines) is 1. The Kier molecular flexibility index (Phi) is 5.01. The molecule has 1 unspecified atom stereocenters. The number of methoxy groups -OCH3 is 1. The minimum atomic E-state index is 0.712. The van der Waals surface area contributed by atoms with Crippen LogP contribution in [0.5, 0.6) is 0 Å².